The van der Waals surface area contributed by atoms with Crippen LogP contribution in [-0.2, 0) is 4.79 Å². The van der Waals surface area contributed by atoms with Gasteiger partial charge in [-0.25, -0.2) is 18.7 Å². The largest absolute Gasteiger partial charge is 0.346 e. The summed E-state index contributed by atoms with van der Waals surface area (Å²) in [4.78, 5) is 29.3. The number of anilines is 1. The third-order valence-corrected chi connectivity index (χ3v) is 7.57. The topological polar surface area (TPSA) is 62.2 Å². The molecule has 2 fully saturated rings. The Morgan fingerprint density at radius 2 is 2.03 bits per heavy atom. The molecule has 2 aliphatic heterocycles. The number of fused-ring (bicyclic) bond motifs is 3. The van der Waals surface area contributed by atoms with Gasteiger partial charge < -0.3 is 9.80 Å². The van der Waals surface area contributed by atoms with Crippen LogP contribution in [0.5, 0.6) is 0 Å². The van der Waals surface area contributed by atoms with Crippen LogP contribution in [0, 0.1) is 11.6 Å². The lowest BCUT2D eigenvalue weighted by Gasteiger charge is -2.53. The van der Waals surface area contributed by atoms with Crippen molar-refractivity contribution in [2.45, 2.75) is 31.5 Å². The summed E-state index contributed by atoms with van der Waals surface area (Å²) in [6.07, 6.45) is 5.01. The van der Waals surface area contributed by atoms with E-state index >= 15 is 4.39 Å². The van der Waals surface area contributed by atoms with E-state index in [-0.39, 0.29) is 40.3 Å². The van der Waals surface area contributed by atoms with Crippen molar-refractivity contribution in [1.82, 2.24) is 19.9 Å². The van der Waals surface area contributed by atoms with E-state index in [9.17, 15) is 9.18 Å². The van der Waals surface area contributed by atoms with Gasteiger partial charge in [0.2, 0.25) is 5.91 Å². The Morgan fingerprint density at radius 1 is 1.20 bits per heavy atom. The predicted octanol–water partition coefficient (Wildman–Crippen LogP) is 5.14. The molecule has 2 saturated heterocycles. The molecular formula is C26H20ClF2N5O. The number of carbonyl (C=O) groups is 1. The average molecular weight is 492 g/mol. The minimum absolute atomic E-state index is 0.00733. The standard InChI is InChI=1S/C26H20ClF2N5O/c1-3-19(35)33-10-9-18-25(33)13(2)34(18)26-16-11-30-23(22(29)24(16)31-12-32-26)15-6-4-5-14-7-8-17(28)21(27)20(14)15/h3-8,11-13,18,25H,1,9-10H2,2H3/t13-,18+,25+/m0/s1. The molecule has 0 saturated carbocycles. The van der Waals surface area contributed by atoms with Gasteiger partial charge in [-0.3, -0.25) is 9.78 Å². The molecule has 0 bridgehead atoms. The zero-order chi connectivity index (χ0) is 24.4. The number of benzene rings is 2. The second-order valence-electron chi connectivity index (χ2n) is 8.88. The Morgan fingerprint density at radius 3 is 2.83 bits per heavy atom. The first kappa shape index (κ1) is 21.9. The van der Waals surface area contributed by atoms with Crippen LogP contribution in [0.4, 0.5) is 14.6 Å². The van der Waals surface area contributed by atoms with E-state index < -0.39 is 11.6 Å². The summed E-state index contributed by atoms with van der Waals surface area (Å²) in [5.74, 6) is -0.714. The minimum atomic E-state index is -0.626. The molecule has 3 atom stereocenters. The summed E-state index contributed by atoms with van der Waals surface area (Å²) >= 11 is 6.27. The molecule has 0 spiro atoms. The van der Waals surface area contributed by atoms with Crippen LogP contribution in [0.1, 0.15) is 13.3 Å². The second-order valence-corrected chi connectivity index (χ2v) is 9.25. The molecule has 2 aliphatic rings. The first-order valence-corrected chi connectivity index (χ1v) is 11.7. The van der Waals surface area contributed by atoms with Gasteiger partial charge in [-0.2, -0.15) is 0 Å². The summed E-state index contributed by atoms with van der Waals surface area (Å²) < 4.78 is 30.1. The fourth-order valence-electron chi connectivity index (χ4n) is 5.65. The zero-order valence-corrected chi connectivity index (χ0v) is 19.5. The number of hydrogen-bond acceptors (Lipinski definition) is 5. The van der Waals surface area contributed by atoms with Gasteiger partial charge in [0.15, 0.2) is 5.82 Å². The van der Waals surface area contributed by atoms with Crippen LogP contribution in [0.3, 0.4) is 0 Å². The number of pyridine rings is 1. The third-order valence-electron chi connectivity index (χ3n) is 7.20. The molecule has 9 heteroatoms. The summed E-state index contributed by atoms with van der Waals surface area (Å²) in [6.45, 7) is 6.26. The van der Waals surface area contributed by atoms with Gasteiger partial charge in [-0.05, 0) is 30.9 Å². The number of nitrogens with zero attached hydrogens (tertiary/aromatic N) is 5. The summed E-state index contributed by atoms with van der Waals surface area (Å²) in [5, 5.41) is 1.47. The highest BCUT2D eigenvalue weighted by Crippen LogP contribution is 2.43. The van der Waals surface area contributed by atoms with Crippen molar-refractivity contribution in [2.24, 2.45) is 0 Å². The maximum Gasteiger partial charge on any atom is 0.246 e. The molecule has 4 heterocycles. The van der Waals surface area contributed by atoms with Crippen molar-refractivity contribution in [3.8, 4) is 11.3 Å². The monoisotopic (exact) mass is 491 g/mol. The van der Waals surface area contributed by atoms with Crippen LogP contribution in [-0.4, -0.2) is 50.4 Å². The highest BCUT2D eigenvalue weighted by atomic mass is 35.5. The van der Waals surface area contributed by atoms with E-state index in [1.807, 2.05) is 11.8 Å². The minimum Gasteiger partial charge on any atom is -0.346 e. The van der Waals surface area contributed by atoms with Gasteiger partial charge in [0, 0.05) is 23.7 Å². The molecule has 0 aliphatic carbocycles. The Kier molecular flexibility index (Phi) is 4.96. The van der Waals surface area contributed by atoms with Crippen LogP contribution >= 0.6 is 11.6 Å². The first-order chi connectivity index (χ1) is 16.9. The lowest BCUT2D eigenvalue weighted by molar-refractivity contribution is -0.128. The van der Waals surface area contributed by atoms with E-state index in [1.54, 1.807) is 30.5 Å². The van der Waals surface area contributed by atoms with Gasteiger partial charge in [-0.15, -0.1) is 0 Å². The van der Waals surface area contributed by atoms with E-state index in [4.69, 9.17) is 11.6 Å². The van der Waals surface area contributed by atoms with Crippen molar-refractivity contribution < 1.29 is 13.6 Å². The number of carbonyl (C=O) groups excluding carboxylic acids is 1. The molecule has 176 valence electrons. The predicted molar refractivity (Wildman–Crippen MR) is 131 cm³/mol. The van der Waals surface area contributed by atoms with Crippen LogP contribution < -0.4 is 4.90 Å². The number of likely N-dealkylation sites (tertiary alicyclic amines) is 1. The Bertz CT molecular complexity index is 1540. The molecule has 2 aromatic heterocycles. The number of rotatable bonds is 3. The second kappa shape index (κ2) is 7.95. The third kappa shape index (κ3) is 3.06. The van der Waals surface area contributed by atoms with Crippen molar-refractivity contribution in [3.63, 3.8) is 0 Å². The van der Waals surface area contributed by atoms with Crippen molar-refractivity contribution in [3.05, 3.63) is 72.2 Å². The zero-order valence-electron chi connectivity index (χ0n) is 18.8. The van der Waals surface area contributed by atoms with E-state index in [2.05, 4.69) is 26.4 Å². The lowest BCUT2D eigenvalue weighted by Crippen LogP contribution is -2.69. The molecule has 6 rings (SSSR count). The Hall–Kier alpha value is -3.65. The molecule has 6 nitrogen and oxygen atoms in total. The fourth-order valence-corrected chi connectivity index (χ4v) is 5.93. The van der Waals surface area contributed by atoms with Gasteiger partial charge in [-0.1, -0.05) is 42.4 Å². The van der Waals surface area contributed by atoms with Gasteiger partial charge in [0.1, 0.15) is 29.2 Å². The SMILES string of the molecule is C=CC(=O)N1CC[C@@H]2[C@H]1[C@H](C)N2c1ncnc2c(F)c(-c3cccc4ccc(F)c(Cl)c34)ncc12. The molecular weight excluding hydrogens is 472 g/mol. The van der Waals surface area contributed by atoms with Crippen LogP contribution in [0.15, 0.2) is 55.5 Å². The highest BCUT2D eigenvalue weighted by molar-refractivity contribution is 6.36. The fraction of sp³-hybridized carbons (Fsp3) is 0.231. The van der Waals surface area contributed by atoms with Crippen molar-refractivity contribution >= 4 is 45.0 Å². The summed E-state index contributed by atoms with van der Waals surface area (Å²) in [7, 11) is 0. The van der Waals surface area contributed by atoms with E-state index in [0.29, 0.717) is 34.1 Å². The number of halogens is 3. The first-order valence-electron chi connectivity index (χ1n) is 11.3. The molecule has 2 aromatic carbocycles. The molecule has 1 amide bonds. The summed E-state index contributed by atoms with van der Waals surface area (Å²) in [5.41, 5.74) is 0.550. The number of amides is 1. The van der Waals surface area contributed by atoms with Gasteiger partial charge in [0.05, 0.1) is 28.5 Å². The molecule has 0 radical (unpaired) electrons. The average Bonchev–Trinajstić information content (AvgIpc) is 3.26. The number of aromatic nitrogens is 3. The van der Waals surface area contributed by atoms with Gasteiger partial charge in [0.25, 0.3) is 0 Å². The number of hydrogen-bond donors (Lipinski definition) is 0. The smallest absolute Gasteiger partial charge is 0.246 e. The summed E-state index contributed by atoms with van der Waals surface area (Å²) in [6, 6.07) is 8.21. The molecule has 4 aromatic rings. The van der Waals surface area contributed by atoms with Crippen LogP contribution in [0.2, 0.25) is 5.02 Å². The van der Waals surface area contributed by atoms with Crippen molar-refractivity contribution in [2.75, 3.05) is 11.4 Å². The lowest BCUT2D eigenvalue weighted by atomic mass is 9.87. The maximum absolute atomic E-state index is 15.9. The van der Waals surface area contributed by atoms with E-state index in [1.165, 1.54) is 18.5 Å². The molecule has 0 unspecified atom stereocenters. The highest BCUT2D eigenvalue weighted by Gasteiger charge is 2.54. The molecule has 35 heavy (non-hydrogen) atoms. The van der Waals surface area contributed by atoms with E-state index in [0.717, 1.165) is 6.42 Å². The molecule has 0 N–H and O–H groups in total. The van der Waals surface area contributed by atoms with Crippen LogP contribution in [0.25, 0.3) is 32.9 Å². The quantitative estimate of drug-likeness (QED) is 0.371. The Labute approximate surface area is 204 Å². The van der Waals surface area contributed by atoms with Gasteiger partial charge >= 0.3 is 0 Å². The van der Waals surface area contributed by atoms with Crippen molar-refractivity contribution in [1.29, 1.82) is 0 Å². The maximum atomic E-state index is 15.9. The normalized spacial score (nSPS) is 21.3. The Balaban J connectivity index is 1.46.